The molecule has 1 heterocycles. The van der Waals surface area contributed by atoms with Gasteiger partial charge in [-0.3, -0.25) is 4.79 Å². The molecule has 0 radical (unpaired) electrons. The molecule has 0 aliphatic heterocycles. The molecule has 0 bridgehead atoms. The number of anilines is 2. The van der Waals surface area contributed by atoms with Crippen LogP contribution in [0, 0.1) is 0 Å². The van der Waals surface area contributed by atoms with Crippen molar-refractivity contribution in [3.63, 3.8) is 0 Å². The molecule has 1 aromatic heterocycles. The number of rotatable bonds is 8. The Kier molecular flexibility index (Phi) is 6.61. The van der Waals surface area contributed by atoms with E-state index < -0.39 is 0 Å². The van der Waals surface area contributed by atoms with Crippen LogP contribution in [0.1, 0.15) is 37.0 Å². The molecule has 0 unspecified atom stereocenters. The SMILES string of the molecule is CCCCN(C)c1ccc(C(=O)Nc2ccccc2OCC)cn1. The number of aromatic nitrogens is 1. The molecule has 0 saturated carbocycles. The van der Waals surface area contributed by atoms with Gasteiger partial charge in [-0.05, 0) is 37.6 Å². The number of unbranched alkanes of at least 4 members (excludes halogenated alkanes) is 1. The van der Waals surface area contributed by atoms with Crippen molar-refractivity contribution in [1.82, 2.24) is 4.98 Å². The third kappa shape index (κ3) is 4.72. The summed E-state index contributed by atoms with van der Waals surface area (Å²) in [7, 11) is 2.01. The third-order valence-electron chi connectivity index (χ3n) is 3.68. The number of para-hydroxylation sites is 2. The highest BCUT2D eigenvalue weighted by Crippen LogP contribution is 2.24. The molecule has 24 heavy (non-hydrogen) atoms. The fourth-order valence-corrected chi connectivity index (χ4v) is 2.30. The maximum absolute atomic E-state index is 12.4. The summed E-state index contributed by atoms with van der Waals surface area (Å²) in [6.07, 6.45) is 3.87. The summed E-state index contributed by atoms with van der Waals surface area (Å²) in [4.78, 5) is 18.9. The van der Waals surface area contributed by atoms with E-state index in [2.05, 4.69) is 22.1 Å². The lowest BCUT2D eigenvalue weighted by atomic mass is 10.2. The number of ether oxygens (including phenoxy) is 1. The van der Waals surface area contributed by atoms with Crippen molar-refractivity contribution < 1.29 is 9.53 Å². The number of nitrogens with zero attached hydrogens (tertiary/aromatic N) is 2. The Labute approximate surface area is 143 Å². The van der Waals surface area contributed by atoms with Gasteiger partial charge in [0.1, 0.15) is 11.6 Å². The maximum atomic E-state index is 12.4. The number of pyridine rings is 1. The Morgan fingerprint density at radius 2 is 2.00 bits per heavy atom. The molecule has 5 heteroatoms. The normalized spacial score (nSPS) is 10.3. The fourth-order valence-electron chi connectivity index (χ4n) is 2.30. The summed E-state index contributed by atoms with van der Waals surface area (Å²) in [5.41, 5.74) is 1.18. The second-order valence-electron chi connectivity index (χ2n) is 5.56. The average molecular weight is 327 g/mol. The van der Waals surface area contributed by atoms with Gasteiger partial charge in [0, 0.05) is 19.8 Å². The van der Waals surface area contributed by atoms with Gasteiger partial charge < -0.3 is 15.0 Å². The Morgan fingerprint density at radius 1 is 1.21 bits per heavy atom. The third-order valence-corrected chi connectivity index (χ3v) is 3.68. The lowest BCUT2D eigenvalue weighted by Crippen LogP contribution is -2.20. The minimum Gasteiger partial charge on any atom is -0.492 e. The Balaban J connectivity index is 2.05. The Hall–Kier alpha value is -2.56. The monoisotopic (exact) mass is 327 g/mol. The second kappa shape index (κ2) is 8.91. The van der Waals surface area contributed by atoms with Crippen LogP contribution in [-0.4, -0.2) is 31.1 Å². The van der Waals surface area contributed by atoms with Crippen LogP contribution in [0.2, 0.25) is 0 Å². The molecule has 0 saturated heterocycles. The number of hydrogen-bond acceptors (Lipinski definition) is 4. The topological polar surface area (TPSA) is 54.5 Å². The largest absolute Gasteiger partial charge is 0.492 e. The summed E-state index contributed by atoms with van der Waals surface area (Å²) >= 11 is 0. The van der Waals surface area contributed by atoms with Crippen LogP contribution in [0.5, 0.6) is 5.75 Å². The first-order chi connectivity index (χ1) is 11.7. The molecule has 128 valence electrons. The van der Waals surface area contributed by atoms with E-state index in [-0.39, 0.29) is 5.91 Å². The van der Waals surface area contributed by atoms with E-state index in [0.717, 1.165) is 25.2 Å². The maximum Gasteiger partial charge on any atom is 0.257 e. The van der Waals surface area contributed by atoms with Crippen molar-refractivity contribution in [2.45, 2.75) is 26.7 Å². The number of hydrogen-bond donors (Lipinski definition) is 1. The van der Waals surface area contributed by atoms with Gasteiger partial charge in [0.25, 0.3) is 5.91 Å². The van der Waals surface area contributed by atoms with Crippen molar-refractivity contribution in [2.75, 3.05) is 30.4 Å². The van der Waals surface area contributed by atoms with Crippen LogP contribution >= 0.6 is 0 Å². The van der Waals surface area contributed by atoms with Crippen molar-refractivity contribution >= 4 is 17.4 Å². The average Bonchev–Trinajstić information content (AvgIpc) is 2.61. The van der Waals surface area contributed by atoms with E-state index in [9.17, 15) is 4.79 Å². The van der Waals surface area contributed by atoms with Crippen LogP contribution in [0.3, 0.4) is 0 Å². The molecule has 0 fully saturated rings. The molecule has 2 rings (SSSR count). The zero-order valence-corrected chi connectivity index (χ0v) is 14.6. The van der Waals surface area contributed by atoms with E-state index in [1.54, 1.807) is 12.3 Å². The zero-order valence-electron chi connectivity index (χ0n) is 14.6. The van der Waals surface area contributed by atoms with Crippen molar-refractivity contribution in [2.24, 2.45) is 0 Å². The van der Waals surface area contributed by atoms with Crippen LogP contribution in [0.15, 0.2) is 42.6 Å². The van der Waals surface area contributed by atoms with Gasteiger partial charge in [-0.25, -0.2) is 4.98 Å². The van der Waals surface area contributed by atoms with E-state index in [4.69, 9.17) is 4.74 Å². The summed E-state index contributed by atoms with van der Waals surface area (Å²) in [5.74, 6) is 1.34. The quantitative estimate of drug-likeness (QED) is 0.797. The fraction of sp³-hybridized carbons (Fsp3) is 0.368. The van der Waals surface area contributed by atoms with Crippen LogP contribution in [0.25, 0.3) is 0 Å². The number of carbonyl (C=O) groups excluding carboxylic acids is 1. The summed E-state index contributed by atoms with van der Waals surface area (Å²) in [6.45, 7) is 5.58. The van der Waals surface area contributed by atoms with Gasteiger partial charge in [0.2, 0.25) is 0 Å². The Morgan fingerprint density at radius 3 is 2.67 bits per heavy atom. The Bertz CT molecular complexity index is 656. The van der Waals surface area contributed by atoms with Gasteiger partial charge >= 0.3 is 0 Å². The second-order valence-corrected chi connectivity index (χ2v) is 5.56. The van der Waals surface area contributed by atoms with Gasteiger partial charge in [-0.1, -0.05) is 25.5 Å². The van der Waals surface area contributed by atoms with Crippen molar-refractivity contribution in [3.8, 4) is 5.75 Å². The van der Waals surface area contributed by atoms with E-state index in [0.29, 0.717) is 23.6 Å². The summed E-state index contributed by atoms with van der Waals surface area (Å²) in [5, 5.41) is 2.88. The first-order valence-electron chi connectivity index (χ1n) is 8.36. The molecule has 1 aromatic carbocycles. The minimum absolute atomic E-state index is 0.197. The van der Waals surface area contributed by atoms with Gasteiger partial charge in [-0.2, -0.15) is 0 Å². The van der Waals surface area contributed by atoms with Gasteiger partial charge in [0.15, 0.2) is 0 Å². The standard InChI is InChI=1S/C19H25N3O2/c1-4-6-13-22(3)18-12-11-15(14-20-18)19(23)21-16-9-7-8-10-17(16)24-5-2/h7-12,14H,4-6,13H2,1-3H3,(H,21,23). The van der Waals surface area contributed by atoms with Crippen molar-refractivity contribution in [3.05, 3.63) is 48.2 Å². The van der Waals surface area contributed by atoms with E-state index in [1.165, 1.54) is 0 Å². The predicted molar refractivity (Wildman–Crippen MR) is 98.0 cm³/mol. The minimum atomic E-state index is -0.197. The summed E-state index contributed by atoms with van der Waals surface area (Å²) in [6, 6.07) is 11.1. The van der Waals surface area contributed by atoms with E-state index in [1.807, 2.05) is 44.3 Å². The molecule has 1 amide bonds. The van der Waals surface area contributed by atoms with Crippen LogP contribution in [0.4, 0.5) is 11.5 Å². The first kappa shape index (κ1) is 17.8. The lowest BCUT2D eigenvalue weighted by molar-refractivity contribution is 0.102. The molecular formula is C19H25N3O2. The highest BCUT2D eigenvalue weighted by molar-refractivity contribution is 6.04. The molecule has 0 spiro atoms. The van der Waals surface area contributed by atoms with Crippen LogP contribution < -0.4 is 15.0 Å². The lowest BCUT2D eigenvalue weighted by Gasteiger charge is -2.17. The smallest absolute Gasteiger partial charge is 0.257 e. The predicted octanol–water partition coefficient (Wildman–Crippen LogP) is 3.97. The molecule has 0 atom stereocenters. The number of benzene rings is 1. The van der Waals surface area contributed by atoms with Crippen molar-refractivity contribution in [1.29, 1.82) is 0 Å². The molecular weight excluding hydrogens is 302 g/mol. The molecule has 0 aliphatic carbocycles. The summed E-state index contributed by atoms with van der Waals surface area (Å²) < 4.78 is 5.52. The highest BCUT2D eigenvalue weighted by atomic mass is 16.5. The molecule has 1 N–H and O–H groups in total. The molecule has 5 nitrogen and oxygen atoms in total. The number of nitrogens with one attached hydrogen (secondary N) is 1. The first-order valence-corrected chi connectivity index (χ1v) is 8.36. The molecule has 0 aliphatic rings. The van der Waals surface area contributed by atoms with E-state index >= 15 is 0 Å². The number of carbonyl (C=O) groups is 1. The number of amides is 1. The molecule has 2 aromatic rings. The highest BCUT2D eigenvalue weighted by Gasteiger charge is 2.11. The van der Waals surface area contributed by atoms with Crippen LogP contribution in [-0.2, 0) is 0 Å². The zero-order chi connectivity index (χ0) is 17.4. The van der Waals surface area contributed by atoms with Gasteiger partial charge in [-0.15, -0.1) is 0 Å². The van der Waals surface area contributed by atoms with Gasteiger partial charge in [0.05, 0.1) is 17.9 Å².